The number of hydrogen-bond acceptors (Lipinski definition) is 4. The summed E-state index contributed by atoms with van der Waals surface area (Å²) in [6.45, 7) is 5.09. The smallest absolute Gasteiger partial charge is 0.236 e. The maximum atomic E-state index is 13.5. The highest BCUT2D eigenvalue weighted by atomic mass is 19.1. The predicted octanol–water partition coefficient (Wildman–Crippen LogP) is 1.48. The van der Waals surface area contributed by atoms with Crippen LogP contribution < -0.4 is 10.1 Å². The quantitative estimate of drug-likeness (QED) is 0.820. The number of nitrogens with zero attached hydrogens (tertiary/aromatic N) is 2. The number of nitrogens with one attached hydrogen (secondary N) is 1. The summed E-state index contributed by atoms with van der Waals surface area (Å²) >= 11 is 0. The number of halogens is 1. The molecular formula is C18H26FN3O2. The molecule has 1 aromatic rings. The highest BCUT2D eigenvalue weighted by Gasteiger charge is 2.23. The van der Waals surface area contributed by atoms with Crippen molar-refractivity contribution < 1.29 is 13.9 Å². The van der Waals surface area contributed by atoms with Crippen LogP contribution in [0.5, 0.6) is 5.75 Å². The van der Waals surface area contributed by atoms with E-state index in [9.17, 15) is 9.18 Å². The third kappa shape index (κ3) is 4.68. The summed E-state index contributed by atoms with van der Waals surface area (Å²) in [6, 6.07) is 4.60. The average molecular weight is 335 g/mol. The van der Waals surface area contributed by atoms with Crippen molar-refractivity contribution in [1.29, 1.82) is 0 Å². The molecule has 0 spiro atoms. The monoisotopic (exact) mass is 335 g/mol. The lowest BCUT2D eigenvalue weighted by molar-refractivity contribution is -0.132. The lowest BCUT2D eigenvalue weighted by Crippen LogP contribution is -2.50. The molecule has 1 saturated heterocycles. The van der Waals surface area contributed by atoms with Gasteiger partial charge in [0.05, 0.1) is 13.7 Å². The lowest BCUT2D eigenvalue weighted by atomic mass is 10.1. The van der Waals surface area contributed by atoms with Gasteiger partial charge in [-0.3, -0.25) is 9.69 Å². The van der Waals surface area contributed by atoms with E-state index in [-0.39, 0.29) is 11.7 Å². The van der Waals surface area contributed by atoms with Gasteiger partial charge in [-0.05, 0) is 43.5 Å². The zero-order chi connectivity index (χ0) is 16.9. The molecule has 6 heteroatoms. The third-order valence-corrected chi connectivity index (χ3v) is 4.77. The minimum atomic E-state index is -0.249. The Morgan fingerprint density at radius 3 is 2.71 bits per heavy atom. The summed E-state index contributed by atoms with van der Waals surface area (Å²) in [4.78, 5) is 16.3. The van der Waals surface area contributed by atoms with Crippen LogP contribution in [0.15, 0.2) is 18.2 Å². The molecule has 3 rings (SSSR count). The molecule has 0 unspecified atom stereocenters. The summed E-state index contributed by atoms with van der Waals surface area (Å²) in [5.41, 5.74) is 0.850. The molecule has 132 valence electrons. The first-order valence-electron chi connectivity index (χ1n) is 8.69. The minimum Gasteiger partial charge on any atom is -0.496 e. The summed E-state index contributed by atoms with van der Waals surface area (Å²) in [5, 5.41) is 3.25. The lowest BCUT2D eigenvalue weighted by Gasteiger charge is -2.35. The van der Waals surface area contributed by atoms with E-state index in [4.69, 9.17) is 4.74 Å². The van der Waals surface area contributed by atoms with Gasteiger partial charge >= 0.3 is 0 Å². The van der Waals surface area contributed by atoms with Crippen molar-refractivity contribution in [3.8, 4) is 5.75 Å². The van der Waals surface area contributed by atoms with Crippen LogP contribution in [0.1, 0.15) is 18.4 Å². The summed E-state index contributed by atoms with van der Waals surface area (Å²) in [6.07, 6.45) is 2.59. The number of piperazine rings is 1. The molecule has 2 aliphatic rings. The van der Waals surface area contributed by atoms with Crippen molar-refractivity contribution >= 4 is 5.91 Å². The van der Waals surface area contributed by atoms with Crippen molar-refractivity contribution in [2.75, 3.05) is 46.4 Å². The van der Waals surface area contributed by atoms with Gasteiger partial charge < -0.3 is 15.0 Å². The van der Waals surface area contributed by atoms with Crippen LogP contribution in [0.25, 0.3) is 0 Å². The zero-order valence-electron chi connectivity index (χ0n) is 14.3. The largest absolute Gasteiger partial charge is 0.496 e. The van der Waals surface area contributed by atoms with E-state index < -0.39 is 0 Å². The molecule has 1 heterocycles. The fourth-order valence-electron chi connectivity index (χ4n) is 3.08. The first kappa shape index (κ1) is 17.2. The van der Waals surface area contributed by atoms with Gasteiger partial charge in [0.2, 0.25) is 5.91 Å². The molecule has 0 aromatic heterocycles. The van der Waals surface area contributed by atoms with Crippen LogP contribution in [0, 0.1) is 11.7 Å². The van der Waals surface area contributed by atoms with Crippen LogP contribution in [0.3, 0.4) is 0 Å². The summed E-state index contributed by atoms with van der Waals surface area (Å²) in [7, 11) is 1.60. The van der Waals surface area contributed by atoms with Crippen molar-refractivity contribution in [3.05, 3.63) is 29.6 Å². The van der Waals surface area contributed by atoms with E-state index >= 15 is 0 Å². The van der Waals surface area contributed by atoms with Crippen molar-refractivity contribution in [3.63, 3.8) is 0 Å². The zero-order valence-corrected chi connectivity index (χ0v) is 14.3. The third-order valence-electron chi connectivity index (χ3n) is 4.77. The number of carbonyl (C=O) groups excluding carboxylic acids is 1. The second-order valence-corrected chi connectivity index (χ2v) is 6.69. The van der Waals surface area contributed by atoms with Gasteiger partial charge in [0, 0.05) is 38.3 Å². The van der Waals surface area contributed by atoms with E-state index in [1.165, 1.54) is 25.0 Å². The Balaban J connectivity index is 1.44. The minimum absolute atomic E-state index is 0.179. The Hall–Kier alpha value is -1.66. The molecule has 1 amide bonds. The Labute approximate surface area is 142 Å². The van der Waals surface area contributed by atoms with Crippen LogP contribution >= 0.6 is 0 Å². The van der Waals surface area contributed by atoms with Crippen molar-refractivity contribution in [2.24, 2.45) is 5.92 Å². The Morgan fingerprint density at radius 2 is 2.04 bits per heavy atom. The van der Waals surface area contributed by atoms with E-state index in [1.807, 2.05) is 4.90 Å². The number of rotatable bonds is 7. The van der Waals surface area contributed by atoms with E-state index in [0.717, 1.165) is 44.2 Å². The van der Waals surface area contributed by atoms with Crippen LogP contribution in [0.4, 0.5) is 4.39 Å². The summed E-state index contributed by atoms with van der Waals surface area (Å²) < 4.78 is 18.8. The highest BCUT2D eigenvalue weighted by molar-refractivity contribution is 5.78. The van der Waals surface area contributed by atoms with Gasteiger partial charge in [0.15, 0.2) is 0 Å². The SMILES string of the molecule is COc1ccc(F)cc1CN1CCN(C(=O)CNCC2CC2)CC1. The first-order chi connectivity index (χ1) is 11.7. The average Bonchev–Trinajstić information content (AvgIpc) is 3.40. The fourth-order valence-corrected chi connectivity index (χ4v) is 3.08. The maximum absolute atomic E-state index is 13.5. The summed E-state index contributed by atoms with van der Waals surface area (Å²) in [5.74, 6) is 1.43. The standard InChI is InChI=1S/C18H26FN3O2/c1-24-17-5-4-16(19)10-15(17)13-21-6-8-22(9-7-21)18(23)12-20-11-14-2-3-14/h4-5,10,14,20H,2-3,6-9,11-13H2,1H3. The highest BCUT2D eigenvalue weighted by Crippen LogP contribution is 2.27. The van der Waals surface area contributed by atoms with Crippen molar-refractivity contribution in [2.45, 2.75) is 19.4 Å². The molecule has 1 aliphatic heterocycles. The van der Waals surface area contributed by atoms with Gasteiger partial charge in [-0.1, -0.05) is 0 Å². The molecule has 2 fully saturated rings. The van der Waals surface area contributed by atoms with Crippen LogP contribution in [-0.2, 0) is 11.3 Å². The predicted molar refractivity (Wildman–Crippen MR) is 90.4 cm³/mol. The van der Waals surface area contributed by atoms with Crippen LogP contribution in [-0.4, -0.2) is 62.1 Å². The molecule has 0 bridgehead atoms. The molecule has 24 heavy (non-hydrogen) atoms. The van der Waals surface area contributed by atoms with Gasteiger partial charge in [-0.25, -0.2) is 4.39 Å². The Morgan fingerprint density at radius 1 is 1.29 bits per heavy atom. The molecule has 1 N–H and O–H groups in total. The maximum Gasteiger partial charge on any atom is 0.236 e. The molecule has 0 radical (unpaired) electrons. The van der Waals surface area contributed by atoms with Crippen LogP contribution in [0.2, 0.25) is 0 Å². The number of amides is 1. The second kappa shape index (κ2) is 7.94. The fraction of sp³-hybridized carbons (Fsp3) is 0.611. The number of hydrogen-bond donors (Lipinski definition) is 1. The van der Waals surface area contributed by atoms with Crippen molar-refractivity contribution in [1.82, 2.24) is 15.1 Å². The van der Waals surface area contributed by atoms with E-state index in [1.54, 1.807) is 13.2 Å². The Bertz CT molecular complexity index is 569. The number of ether oxygens (including phenoxy) is 1. The molecule has 1 saturated carbocycles. The van der Waals surface area contributed by atoms with E-state index in [0.29, 0.717) is 18.8 Å². The normalized spacial score (nSPS) is 18.7. The first-order valence-corrected chi connectivity index (χ1v) is 8.69. The van der Waals surface area contributed by atoms with Gasteiger partial charge in [0.1, 0.15) is 11.6 Å². The topological polar surface area (TPSA) is 44.8 Å². The number of benzene rings is 1. The molecular weight excluding hydrogens is 309 g/mol. The second-order valence-electron chi connectivity index (χ2n) is 6.69. The van der Waals surface area contributed by atoms with Gasteiger partial charge in [0.25, 0.3) is 0 Å². The number of carbonyl (C=O) groups is 1. The molecule has 5 nitrogen and oxygen atoms in total. The van der Waals surface area contributed by atoms with E-state index in [2.05, 4.69) is 10.2 Å². The van der Waals surface area contributed by atoms with Gasteiger partial charge in [-0.2, -0.15) is 0 Å². The molecule has 1 aromatic carbocycles. The molecule has 0 atom stereocenters. The Kier molecular flexibility index (Phi) is 5.68. The molecule has 1 aliphatic carbocycles. The number of methoxy groups -OCH3 is 1. The van der Waals surface area contributed by atoms with Gasteiger partial charge in [-0.15, -0.1) is 0 Å².